The number of hydrogen-bond donors (Lipinski definition) is 5. The highest BCUT2D eigenvalue weighted by atomic mass is 16.6. The molecule has 0 aromatic heterocycles. The van der Waals surface area contributed by atoms with Crippen LogP contribution >= 0.6 is 0 Å². The molecular formula is C34H64O11. The molecule has 0 amide bonds. The molecule has 4 unspecified atom stereocenters. The fourth-order valence-electron chi connectivity index (χ4n) is 4.80. The third-order valence-corrected chi connectivity index (χ3v) is 7.81. The number of esters is 3. The zero-order valence-electron chi connectivity index (χ0n) is 27.9. The molecule has 0 saturated heterocycles. The Hall–Kier alpha value is -1.79. The van der Waals surface area contributed by atoms with Crippen LogP contribution in [0.1, 0.15) is 148 Å². The summed E-state index contributed by atoms with van der Waals surface area (Å²) in [6.07, 6.45) is 13.6. The first-order valence-corrected chi connectivity index (χ1v) is 17.5. The molecule has 11 heteroatoms. The maximum absolute atomic E-state index is 12.5. The molecule has 4 atom stereocenters. The molecule has 0 radical (unpaired) electrons. The number of carbonyl (C=O) groups excluding carboxylic acids is 3. The van der Waals surface area contributed by atoms with Gasteiger partial charge in [0.25, 0.3) is 0 Å². The van der Waals surface area contributed by atoms with Crippen LogP contribution in [-0.2, 0) is 28.6 Å². The SMILES string of the molecule is CCC(O)CCCCCCCC(=O)OCC(COC(=O)CCCCCCCC(O)CO)OC(=O)CCCCCCCC(O)CO. The summed E-state index contributed by atoms with van der Waals surface area (Å²) in [7, 11) is 0. The lowest BCUT2D eigenvalue weighted by Gasteiger charge is -2.18. The van der Waals surface area contributed by atoms with Crippen molar-refractivity contribution >= 4 is 17.9 Å². The molecule has 0 aliphatic rings. The molecule has 266 valence electrons. The van der Waals surface area contributed by atoms with Gasteiger partial charge >= 0.3 is 17.9 Å². The Morgan fingerprint density at radius 3 is 1.20 bits per heavy atom. The lowest BCUT2D eigenvalue weighted by Crippen LogP contribution is -2.30. The highest BCUT2D eigenvalue weighted by molar-refractivity contribution is 5.71. The minimum Gasteiger partial charge on any atom is -0.462 e. The zero-order valence-corrected chi connectivity index (χ0v) is 27.9. The predicted molar refractivity (Wildman–Crippen MR) is 171 cm³/mol. The van der Waals surface area contributed by atoms with Gasteiger partial charge < -0.3 is 39.7 Å². The van der Waals surface area contributed by atoms with Crippen molar-refractivity contribution in [2.75, 3.05) is 26.4 Å². The maximum Gasteiger partial charge on any atom is 0.306 e. The molecule has 0 heterocycles. The topological polar surface area (TPSA) is 180 Å². The van der Waals surface area contributed by atoms with Crippen molar-refractivity contribution in [2.45, 2.75) is 173 Å². The average Bonchev–Trinajstić information content (AvgIpc) is 3.03. The van der Waals surface area contributed by atoms with Gasteiger partial charge in [-0.2, -0.15) is 0 Å². The van der Waals surface area contributed by atoms with Gasteiger partial charge in [0.15, 0.2) is 6.10 Å². The Morgan fingerprint density at radius 1 is 0.489 bits per heavy atom. The molecule has 0 aliphatic heterocycles. The Kier molecular flexibility index (Phi) is 29.6. The largest absolute Gasteiger partial charge is 0.462 e. The third-order valence-electron chi connectivity index (χ3n) is 7.81. The van der Waals surface area contributed by atoms with Gasteiger partial charge in [-0.25, -0.2) is 0 Å². The highest BCUT2D eigenvalue weighted by Crippen LogP contribution is 2.13. The molecule has 0 bridgehead atoms. The Balaban J connectivity index is 4.43. The van der Waals surface area contributed by atoms with Crippen LogP contribution < -0.4 is 0 Å². The fourth-order valence-corrected chi connectivity index (χ4v) is 4.80. The van der Waals surface area contributed by atoms with Crippen molar-refractivity contribution in [2.24, 2.45) is 0 Å². The summed E-state index contributed by atoms with van der Waals surface area (Å²) in [5, 5.41) is 46.1. The Bertz CT molecular complexity index is 678. The quantitative estimate of drug-likeness (QED) is 0.0389. The smallest absolute Gasteiger partial charge is 0.306 e. The van der Waals surface area contributed by atoms with Gasteiger partial charge in [0, 0.05) is 19.3 Å². The van der Waals surface area contributed by atoms with E-state index in [4.69, 9.17) is 24.4 Å². The van der Waals surface area contributed by atoms with Crippen LogP contribution in [-0.4, -0.2) is 94.3 Å². The van der Waals surface area contributed by atoms with E-state index in [0.29, 0.717) is 32.1 Å². The van der Waals surface area contributed by atoms with Crippen molar-refractivity contribution in [3.05, 3.63) is 0 Å². The van der Waals surface area contributed by atoms with Crippen LogP contribution in [0.15, 0.2) is 0 Å². The van der Waals surface area contributed by atoms with Gasteiger partial charge in [0.2, 0.25) is 0 Å². The lowest BCUT2D eigenvalue weighted by atomic mass is 10.1. The number of aliphatic hydroxyl groups is 5. The summed E-state index contributed by atoms with van der Waals surface area (Å²) in [5.74, 6) is -1.24. The molecule has 0 aromatic carbocycles. The number of ether oxygens (including phenoxy) is 3. The van der Waals surface area contributed by atoms with Crippen molar-refractivity contribution < 1.29 is 54.1 Å². The number of aliphatic hydroxyl groups excluding tert-OH is 5. The molecule has 0 aliphatic carbocycles. The predicted octanol–water partition coefficient (Wildman–Crippen LogP) is 4.65. The monoisotopic (exact) mass is 648 g/mol. The minimum absolute atomic E-state index is 0.181. The summed E-state index contributed by atoms with van der Waals surface area (Å²) < 4.78 is 16.2. The van der Waals surface area contributed by atoms with Gasteiger partial charge in [-0.15, -0.1) is 0 Å². The molecular weight excluding hydrogens is 584 g/mol. The van der Waals surface area contributed by atoms with Crippen LogP contribution in [0.3, 0.4) is 0 Å². The minimum atomic E-state index is -0.881. The van der Waals surface area contributed by atoms with E-state index in [1.807, 2.05) is 6.92 Å². The van der Waals surface area contributed by atoms with Gasteiger partial charge in [0.1, 0.15) is 13.2 Å². The van der Waals surface area contributed by atoms with E-state index in [2.05, 4.69) is 0 Å². The van der Waals surface area contributed by atoms with Crippen LogP contribution in [0, 0.1) is 0 Å². The summed E-state index contributed by atoms with van der Waals surface area (Å²) in [6, 6.07) is 0. The summed E-state index contributed by atoms with van der Waals surface area (Å²) >= 11 is 0. The summed E-state index contributed by atoms with van der Waals surface area (Å²) in [5.41, 5.74) is 0. The molecule has 0 saturated carbocycles. The van der Waals surface area contributed by atoms with Gasteiger partial charge in [-0.1, -0.05) is 84.0 Å². The van der Waals surface area contributed by atoms with Gasteiger partial charge in [0.05, 0.1) is 31.5 Å². The highest BCUT2D eigenvalue weighted by Gasteiger charge is 2.19. The molecule has 11 nitrogen and oxygen atoms in total. The van der Waals surface area contributed by atoms with Crippen LogP contribution in [0.25, 0.3) is 0 Å². The Morgan fingerprint density at radius 2 is 0.822 bits per heavy atom. The second kappa shape index (κ2) is 30.8. The van der Waals surface area contributed by atoms with E-state index >= 15 is 0 Å². The second-order valence-corrected chi connectivity index (χ2v) is 12.1. The number of rotatable bonds is 32. The van der Waals surface area contributed by atoms with E-state index in [0.717, 1.165) is 89.9 Å². The number of hydrogen-bond acceptors (Lipinski definition) is 11. The van der Waals surface area contributed by atoms with Crippen molar-refractivity contribution in [1.82, 2.24) is 0 Å². The summed E-state index contributed by atoms with van der Waals surface area (Å²) in [4.78, 5) is 37.0. The van der Waals surface area contributed by atoms with Crippen molar-refractivity contribution in [1.29, 1.82) is 0 Å². The second-order valence-electron chi connectivity index (χ2n) is 12.1. The molecule has 0 fully saturated rings. The van der Waals surface area contributed by atoms with Crippen LogP contribution in [0.4, 0.5) is 0 Å². The summed E-state index contributed by atoms with van der Waals surface area (Å²) in [6.45, 7) is 1.13. The van der Waals surface area contributed by atoms with Crippen molar-refractivity contribution in [3.8, 4) is 0 Å². The third kappa shape index (κ3) is 29.4. The van der Waals surface area contributed by atoms with Crippen LogP contribution in [0.2, 0.25) is 0 Å². The van der Waals surface area contributed by atoms with E-state index in [9.17, 15) is 29.7 Å². The zero-order chi connectivity index (χ0) is 33.5. The lowest BCUT2D eigenvalue weighted by molar-refractivity contribution is -0.167. The molecule has 0 aromatic rings. The molecule has 0 spiro atoms. The molecule has 0 rings (SSSR count). The van der Waals surface area contributed by atoms with E-state index in [1.165, 1.54) is 0 Å². The van der Waals surface area contributed by atoms with Crippen LogP contribution in [0.5, 0.6) is 0 Å². The average molecular weight is 649 g/mol. The van der Waals surface area contributed by atoms with Gasteiger partial charge in [-0.3, -0.25) is 14.4 Å². The fraction of sp³-hybridized carbons (Fsp3) is 0.912. The van der Waals surface area contributed by atoms with E-state index in [1.54, 1.807) is 0 Å². The van der Waals surface area contributed by atoms with Gasteiger partial charge in [-0.05, 0) is 44.9 Å². The first-order chi connectivity index (χ1) is 21.7. The Labute approximate surface area is 271 Å². The normalized spacial score (nSPS) is 14.0. The molecule has 45 heavy (non-hydrogen) atoms. The maximum atomic E-state index is 12.5. The standard InChI is InChI=1S/C34H64O11/c1-2-28(37)18-12-6-3-9-15-21-32(40)43-26-31(45-34(42)23-17-11-5-8-14-20-30(39)25-36)27-44-33(41)22-16-10-4-7-13-19-29(38)24-35/h28-31,35-39H,2-27H2,1H3. The first kappa shape index (κ1) is 43.2. The van der Waals surface area contributed by atoms with Crippen molar-refractivity contribution in [3.63, 3.8) is 0 Å². The number of carbonyl (C=O) groups is 3. The van der Waals surface area contributed by atoms with E-state index in [-0.39, 0.29) is 57.8 Å². The molecule has 5 N–H and O–H groups in total. The first-order valence-electron chi connectivity index (χ1n) is 17.5. The number of unbranched alkanes of at least 4 members (excludes halogenated alkanes) is 12. The van der Waals surface area contributed by atoms with E-state index < -0.39 is 30.3 Å².